The SMILES string of the molecule is CN(C)[C@]1(c2ccccc2)CC[C@@]2(CC1)CC(=O)N(CCCNC(=O)OC(C)(C)C)C2. The number of benzene rings is 1. The fourth-order valence-electron chi connectivity index (χ4n) is 5.23. The highest BCUT2D eigenvalue weighted by Crippen LogP contribution is 2.52. The van der Waals surface area contributed by atoms with Crippen LogP contribution in [0.2, 0.25) is 0 Å². The molecule has 31 heavy (non-hydrogen) atoms. The molecular formula is C25H39N3O3. The van der Waals surface area contributed by atoms with E-state index < -0.39 is 11.7 Å². The van der Waals surface area contributed by atoms with Crippen molar-refractivity contribution in [1.29, 1.82) is 0 Å². The van der Waals surface area contributed by atoms with Crippen LogP contribution in [0.15, 0.2) is 30.3 Å². The molecule has 1 aromatic rings. The first kappa shape index (κ1) is 23.6. The monoisotopic (exact) mass is 429 g/mol. The number of carbonyl (C=O) groups is 2. The molecule has 1 N–H and O–H groups in total. The number of alkyl carbamates (subject to hydrolysis) is 1. The highest BCUT2D eigenvalue weighted by Gasteiger charge is 2.49. The lowest BCUT2D eigenvalue weighted by molar-refractivity contribution is -0.127. The Hall–Kier alpha value is -2.08. The van der Waals surface area contributed by atoms with Crippen LogP contribution in [0.3, 0.4) is 0 Å². The van der Waals surface area contributed by atoms with Crippen molar-refractivity contribution < 1.29 is 14.3 Å². The average molecular weight is 430 g/mol. The number of likely N-dealkylation sites (tertiary alicyclic amines) is 1. The predicted molar refractivity (Wildman–Crippen MR) is 123 cm³/mol. The summed E-state index contributed by atoms with van der Waals surface area (Å²) in [5.74, 6) is 0.259. The number of rotatable bonds is 6. The first-order valence-electron chi connectivity index (χ1n) is 11.5. The second-order valence-corrected chi connectivity index (χ2v) is 10.6. The molecule has 2 fully saturated rings. The summed E-state index contributed by atoms with van der Waals surface area (Å²) in [5.41, 5.74) is 1.04. The number of hydrogen-bond donors (Lipinski definition) is 1. The van der Waals surface area contributed by atoms with Gasteiger partial charge in [0.05, 0.1) is 0 Å². The highest BCUT2D eigenvalue weighted by molar-refractivity contribution is 5.79. The second-order valence-electron chi connectivity index (χ2n) is 10.6. The molecule has 0 aromatic heterocycles. The first-order valence-corrected chi connectivity index (χ1v) is 11.5. The van der Waals surface area contributed by atoms with E-state index in [4.69, 9.17) is 4.74 Å². The van der Waals surface area contributed by atoms with Crippen LogP contribution in [0.25, 0.3) is 0 Å². The minimum Gasteiger partial charge on any atom is -0.444 e. The average Bonchev–Trinajstić information content (AvgIpc) is 3.00. The van der Waals surface area contributed by atoms with E-state index in [0.29, 0.717) is 19.5 Å². The first-order chi connectivity index (χ1) is 14.6. The summed E-state index contributed by atoms with van der Waals surface area (Å²) in [6.45, 7) is 7.60. The minimum atomic E-state index is -0.496. The highest BCUT2D eigenvalue weighted by atomic mass is 16.6. The zero-order valence-corrected chi connectivity index (χ0v) is 19.9. The molecule has 1 heterocycles. The molecule has 2 amide bonds. The van der Waals surface area contributed by atoms with Gasteiger partial charge in [0.1, 0.15) is 5.60 Å². The summed E-state index contributed by atoms with van der Waals surface area (Å²) in [6, 6.07) is 10.8. The van der Waals surface area contributed by atoms with Crippen LogP contribution >= 0.6 is 0 Å². The third-order valence-electron chi connectivity index (χ3n) is 6.98. The van der Waals surface area contributed by atoms with E-state index in [1.807, 2.05) is 25.7 Å². The fraction of sp³-hybridized carbons (Fsp3) is 0.680. The van der Waals surface area contributed by atoms with Crippen molar-refractivity contribution >= 4 is 12.0 Å². The maximum Gasteiger partial charge on any atom is 0.407 e. The number of nitrogens with zero attached hydrogens (tertiary/aromatic N) is 2. The lowest BCUT2D eigenvalue weighted by Crippen LogP contribution is -2.47. The molecule has 1 aromatic carbocycles. The van der Waals surface area contributed by atoms with Gasteiger partial charge in [-0.25, -0.2) is 4.79 Å². The molecule has 1 saturated heterocycles. The van der Waals surface area contributed by atoms with Crippen LogP contribution in [0, 0.1) is 5.41 Å². The van der Waals surface area contributed by atoms with Crippen molar-refractivity contribution in [3.8, 4) is 0 Å². The topological polar surface area (TPSA) is 61.9 Å². The fourth-order valence-corrected chi connectivity index (χ4v) is 5.23. The van der Waals surface area contributed by atoms with Gasteiger partial charge >= 0.3 is 6.09 Å². The molecule has 1 aliphatic heterocycles. The number of hydrogen-bond acceptors (Lipinski definition) is 4. The quantitative estimate of drug-likeness (QED) is 0.690. The Morgan fingerprint density at radius 3 is 2.35 bits per heavy atom. The van der Waals surface area contributed by atoms with Gasteiger partial charge in [0, 0.05) is 31.6 Å². The molecule has 1 spiro atoms. The molecule has 0 unspecified atom stereocenters. The van der Waals surface area contributed by atoms with Gasteiger partial charge in [0.2, 0.25) is 5.91 Å². The lowest BCUT2D eigenvalue weighted by Gasteiger charge is -2.48. The smallest absolute Gasteiger partial charge is 0.407 e. The van der Waals surface area contributed by atoms with Crippen molar-refractivity contribution in [2.45, 2.75) is 70.4 Å². The van der Waals surface area contributed by atoms with Crippen LogP contribution in [-0.4, -0.2) is 61.1 Å². The summed E-state index contributed by atoms with van der Waals surface area (Å²) in [4.78, 5) is 28.9. The molecule has 0 atom stereocenters. The summed E-state index contributed by atoms with van der Waals surface area (Å²) < 4.78 is 5.26. The minimum absolute atomic E-state index is 0.0559. The summed E-state index contributed by atoms with van der Waals surface area (Å²) >= 11 is 0. The van der Waals surface area contributed by atoms with Crippen molar-refractivity contribution in [3.05, 3.63) is 35.9 Å². The molecule has 6 heteroatoms. The van der Waals surface area contributed by atoms with E-state index in [-0.39, 0.29) is 16.9 Å². The van der Waals surface area contributed by atoms with E-state index in [2.05, 4.69) is 54.6 Å². The second kappa shape index (κ2) is 9.19. The Morgan fingerprint density at radius 2 is 1.77 bits per heavy atom. The molecule has 172 valence electrons. The van der Waals surface area contributed by atoms with Crippen LogP contribution < -0.4 is 5.32 Å². The normalized spacial score (nSPS) is 26.5. The van der Waals surface area contributed by atoms with Gasteiger partial charge in [-0.15, -0.1) is 0 Å². The molecule has 1 saturated carbocycles. The van der Waals surface area contributed by atoms with Gasteiger partial charge in [-0.05, 0) is 77.9 Å². The number of carbonyl (C=O) groups excluding carboxylic acids is 2. The standard InChI is InChI=1S/C25H39N3O3/c1-23(2,3)31-22(30)26-16-9-17-28-19-24(18-21(28)29)12-14-25(15-13-24,27(4)5)20-10-7-6-8-11-20/h6-8,10-11H,9,12-19H2,1-5H3,(H,26,30)/t24-,25-. The van der Waals surface area contributed by atoms with Gasteiger partial charge in [0.25, 0.3) is 0 Å². The summed E-state index contributed by atoms with van der Waals surface area (Å²) in [7, 11) is 4.35. The Labute approximate surface area is 187 Å². The van der Waals surface area contributed by atoms with Crippen LogP contribution in [0.4, 0.5) is 4.79 Å². The van der Waals surface area contributed by atoms with Crippen LogP contribution in [0.5, 0.6) is 0 Å². The molecule has 3 rings (SSSR count). The number of ether oxygens (including phenoxy) is 1. The lowest BCUT2D eigenvalue weighted by atomic mass is 9.64. The third-order valence-corrected chi connectivity index (χ3v) is 6.98. The number of amides is 2. The third kappa shape index (κ3) is 5.59. The Balaban J connectivity index is 1.52. The maximum atomic E-state index is 12.7. The van der Waals surface area contributed by atoms with Gasteiger partial charge in [-0.1, -0.05) is 30.3 Å². The van der Waals surface area contributed by atoms with Crippen LogP contribution in [-0.2, 0) is 15.1 Å². The summed E-state index contributed by atoms with van der Waals surface area (Å²) in [5, 5.41) is 2.79. The van der Waals surface area contributed by atoms with Crippen molar-refractivity contribution in [3.63, 3.8) is 0 Å². The van der Waals surface area contributed by atoms with Crippen molar-refractivity contribution in [2.75, 3.05) is 33.7 Å². The zero-order chi connectivity index (χ0) is 22.7. The van der Waals surface area contributed by atoms with Gasteiger partial charge in [-0.2, -0.15) is 0 Å². The van der Waals surface area contributed by atoms with Crippen molar-refractivity contribution in [1.82, 2.24) is 15.1 Å². The summed E-state index contributed by atoms with van der Waals surface area (Å²) in [6.07, 6.45) is 5.29. The van der Waals surface area contributed by atoms with E-state index >= 15 is 0 Å². The van der Waals surface area contributed by atoms with E-state index in [1.165, 1.54) is 5.56 Å². The largest absolute Gasteiger partial charge is 0.444 e. The van der Waals surface area contributed by atoms with E-state index in [9.17, 15) is 9.59 Å². The Bertz CT molecular complexity index is 762. The molecule has 6 nitrogen and oxygen atoms in total. The molecule has 1 aliphatic carbocycles. The molecule has 2 aliphatic rings. The van der Waals surface area contributed by atoms with Gasteiger partial charge in [-0.3, -0.25) is 9.69 Å². The molecular weight excluding hydrogens is 390 g/mol. The Kier molecular flexibility index (Phi) is 6.99. The van der Waals surface area contributed by atoms with E-state index in [0.717, 1.165) is 38.6 Å². The van der Waals surface area contributed by atoms with Crippen molar-refractivity contribution in [2.24, 2.45) is 5.41 Å². The molecule has 0 bridgehead atoms. The molecule has 0 radical (unpaired) electrons. The van der Waals surface area contributed by atoms with Gasteiger partial charge in [0.15, 0.2) is 0 Å². The zero-order valence-electron chi connectivity index (χ0n) is 19.9. The van der Waals surface area contributed by atoms with Gasteiger partial charge < -0.3 is 15.0 Å². The van der Waals surface area contributed by atoms with E-state index in [1.54, 1.807) is 0 Å². The van der Waals surface area contributed by atoms with Crippen LogP contribution in [0.1, 0.15) is 64.9 Å². The Morgan fingerprint density at radius 1 is 1.13 bits per heavy atom. The maximum absolute atomic E-state index is 12.7. The number of nitrogens with one attached hydrogen (secondary N) is 1. The predicted octanol–water partition coefficient (Wildman–Crippen LogP) is 4.15.